The van der Waals surface area contributed by atoms with Crippen LogP contribution in [0.5, 0.6) is 0 Å². The predicted octanol–water partition coefficient (Wildman–Crippen LogP) is -1.28. The van der Waals surface area contributed by atoms with E-state index < -0.39 is 5.97 Å². The van der Waals surface area contributed by atoms with Gasteiger partial charge in [0.1, 0.15) is 0 Å². The van der Waals surface area contributed by atoms with Crippen LogP contribution in [0, 0.1) is 0 Å². The molecule has 2 fully saturated rings. The lowest BCUT2D eigenvalue weighted by Gasteiger charge is -2.43. The molecule has 0 saturated carbocycles. The van der Waals surface area contributed by atoms with Crippen molar-refractivity contribution in [2.24, 2.45) is 0 Å². The van der Waals surface area contributed by atoms with Crippen molar-refractivity contribution in [1.29, 1.82) is 0 Å². The molecule has 98 valence electrons. The van der Waals surface area contributed by atoms with Crippen molar-refractivity contribution in [1.82, 2.24) is 15.5 Å². The Bertz CT molecular complexity index is 263. The van der Waals surface area contributed by atoms with Crippen LogP contribution in [0.15, 0.2) is 0 Å². The molecule has 0 aliphatic carbocycles. The van der Waals surface area contributed by atoms with E-state index in [0.717, 1.165) is 52.5 Å². The molecule has 0 spiro atoms. The van der Waals surface area contributed by atoms with Gasteiger partial charge in [-0.3, -0.25) is 9.69 Å². The highest BCUT2D eigenvalue weighted by Gasteiger charge is 2.38. The maximum absolute atomic E-state index is 10.8. The summed E-state index contributed by atoms with van der Waals surface area (Å²) in [6.45, 7) is 6.88. The summed E-state index contributed by atoms with van der Waals surface area (Å²) in [5.41, 5.74) is -0.224. The largest absolute Gasteiger partial charge is 0.481 e. The molecule has 2 heterocycles. The molecule has 6 nitrogen and oxygen atoms in total. The highest BCUT2D eigenvalue weighted by atomic mass is 16.5. The zero-order chi connectivity index (χ0) is 12.1. The van der Waals surface area contributed by atoms with E-state index in [-0.39, 0.29) is 12.0 Å². The third kappa shape index (κ3) is 3.64. The molecule has 6 heteroatoms. The molecule has 3 N–H and O–H groups in total. The molecule has 0 aromatic heterocycles. The SMILES string of the molecule is O=C(O)CC1(NCCN2CCOCC2)CNC1. The molecular weight excluding hydrogens is 222 g/mol. The number of morpholine rings is 1. The monoisotopic (exact) mass is 243 g/mol. The number of carboxylic acids is 1. The predicted molar refractivity (Wildman–Crippen MR) is 63.1 cm³/mol. The second kappa shape index (κ2) is 5.77. The lowest BCUT2D eigenvalue weighted by molar-refractivity contribution is -0.139. The van der Waals surface area contributed by atoms with E-state index in [1.165, 1.54) is 0 Å². The Morgan fingerprint density at radius 1 is 1.41 bits per heavy atom. The summed E-state index contributed by atoms with van der Waals surface area (Å²) in [6, 6.07) is 0. The number of carbonyl (C=O) groups is 1. The van der Waals surface area contributed by atoms with Crippen LogP contribution in [0.2, 0.25) is 0 Å². The Kier molecular flexibility index (Phi) is 4.33. The van der Waals surface area contributed by atoms with Crippen molar-refractivity contribution in [2.75, 3.05) is 52.5 Å². The van der Waals surface area contributed by atoms with E-state index in [2.05, 4.69) is 15.5 Å². The zero-order valence-corrected chi connectivity index (χ0v) is 10.1. The summed E-state index contributed by atoms with van der Waals surface area (Å²) in [5, 5.41) is 15.4. The third-order valence-electron chi connectivity index (χ3n) is 3.45. The minimum atomic E-state index is -0.731. The van der Waals surface area contributed by atoms with Crippen LogP contribution in [0.25, 0.3) is 0 Å². The first kappa shape index (κ1) is 12.8. The van der Waals surface area contributed by atoms with Gasteiger partial charge in [0.05, 0.1) is 25.2 Å². The minimum Gasteiger partial charge on any atom is -0.481 e. The summed E-state index contributed by atoms with van der Waals surface area (Å²) in [7, 11) is 0. The smallest absolute Gasteiger partial charge is 0.305 e. The summed E-state index contributed by atoms with van der Waals surface area (Å²) in [4.78, 5) is 13.1. The van der Waals surface area contributed by atoms with Crippen molar-refractivity contribution < 1.29 is 14.6 Å². The van der Waals surface area contributed by atoms with Crippen LogP contribution in [-0.2, 0) is 9.53 Å². The maximum Gasteiger partial charge on any atom is 0.305 e. The fourth-order valence-corrected chi connectivity index (χ4v) is 2.33. The van der Waals surface area contributed by atoms with Crippen molar-refractivity contribution >= 4 is 5.97 Å². The maximum atomic E-state index is 10.8. The Hall–Kier alpha value is -0.690. The van der Waals surface area contributed by atoms with Gasteiger partial charge >= 0.3 is 5.97 Å². The highest BCUT2D eigenvalue weighted by molar-refractivity contribution is 5.68. The third-order valence-corrected chi connectivity index (χ3v) is 3.45. The number of carboxylic acid groups (broad SMARTS) is 1. The lowest BCUT2D eigenvalue weighted by Crippen LogP contribution is -2.69. The van der Waals surface area contributed by atoms with Gasteiger partial charge in [-0.2, -0.15) is 0 Å². The molecule has 0 amide bonds. The number of nitrogens with one attached hydrogen (secondary N) is 2. The van der Waals surface area contributed by atoms with E-state index in [9.17, 15) is 4.79 Å². The summed E-state index contributed by atoms with van der Waals surface area (Å²) >= 11 is 0. The minimum absolute atomic E-state index is 0.198. The summed E-state index contributed by atoms with van der Waals surface area (Å²) in [5.74, 6) is -0.731. The molecule has 0 bridgehead atoms. The van der Waals surface area contributed by atoms with E-state index in [1.807, 2.05) is 0 Å². The molecule has 2 rings (SSSR count). The topological polar surface area (TPSA) is 73.8 Å². The fourth-order valence-electron chi connectivity index (χ4n) is 2.33. The Morgan fingerprint density at radius 3 is 2.65 bits per heavy atom. The summed E-state index contributed by atoms with van der Waals surface area (Å²) in [6.07, 6.45) is 0.198. The summed E-state index contributed by atoms with van der Waals surface area (Å²) < 4.78 is 5.28. The highest BCUT2D eigenvalue weighted by Crippen LogP contribution is 2.15. The van der Waals surface area contributed by atoms with Crippen molar-refractivity contribution in [3.8, 4) is 0 Å². The standard InChI is InChI=1S/C11H21N3O3/c15-10(16)7-11(8-12-9-11)13-1-2-14-3-5-17-6-4-14/h12-13H,1-9H2,(H,15,16). The molecule has 0 aromatic carbocycles. The second-order valence-corrected chi connectivity index (χ2v) is 4.84. The molecule has 2 aliphatic heterocycles. The molecule has 2 saturated heterocycles. The van der Waals surface area contributed by atoms with Gasteiger partial charge in [-0.1, -0.05) is 0 Å². The van der Waals surface area contributed by atoms with Gasteiger partial charge < -0.3 is 20.5 Å². The molecule has 0 unspecified atom stereocenters. The second-order valence-electron chi connectivity index (χ2n) is 4.84. The van der Waals surface area contributed by atoms with Gasteiger partial charge in [0.15, 0.2) is 0 Å². The molecule has 0 aromatic rings. The molecule has 17 heavy (non-hydrogen) atoms. The van der Waals surface area contributed by atoms with Gasteiger partial charge in [0.25, 0.3) is 0 Å². The molecular formula is C11H21N3O3. The Labute approximate surface area is 101 Å². The zero-order valence-electron chi connectivity index (χ0n) is 10.1. The first-order chi connectivity index (χ1) is 8.20. The molecule has 2 aliphatic rings. The van der Waals surface area contributed by atoms with Crippen LogP contribution in [0.4, 0.5) is 0 Å². The first-order valence-corrected chi connectivity index (χ1v) is 6.18. The van der Waals surface area contributed by atoms with Crippen LogP contribution < -0.4 is 10.6 Å². The van der Waals surface area contributed by atoms with Gasteiger partial charge in [0.2, 0.25) is 0 Å². The van der Waals surface area contributed by atoms with Crippen LogP contribution in [0.3, 0.4) is 0 Å². The van der Waals surface area contributed by atoms with Crippen LogP contribution >= 0.6 is 0 Å². The van der Waals surface area contributed by atoms with Gasteiger partial charge in [-0.05, 0) is 0 Å². The number of hydrogen-bond acceptors (Lipinski definition) is 5. The van der Waals surface area contributed by atoms with E-state index >= 15 is 0 Å². The van der Waals surface area contributed by atoms with Crippen LogP contribution in [-0.4, -0.2) is 74.0 Å². The van der Waals surface area contributed by atoms with Crippen molar-refractivity contribution in [3.63, 3.8) is 0 Å². The number of ether oxygens (including phenoxy) is 1. The lowest BCUT2D eigenvalue weighted by atomic mass is 9.88. The number of aliphatic carboxylic acids is 1. The van der Waals surface area contributed by atoms with E-state index in [4.69, 9.17) is 9.84 Å². The number of rotatable bonds is 6. The fraction of sp³-hybridized carbons (Fsp3) is 0.909. The van der Waals surface area contributed by atoms with Gasteiger partial charge in [0, 0.05) is 39.3 Å². The van der Waals surface area contributed by atoms with E-state index in [1.54, 1.807) is 0 Å². The van der Waals surface area contributed by atoms with Crippen molar-refractivity contribution in [2.45, 2.75) is 12.0 Å². The average Bonchev–Trinajstić information content (AvgIpc) is 2.26. The van der Waals surface area contributed by atoms with Gasteiger partial charge in [-0.15, -0.1) is 0 Å². The van der Waals surface area contributed by atoms with Crippen molar-refractivity contribution in [3.05, 3.63) is 0 Å². The quantitative estimate of drug-likeness (QED) is 0.540. The van der Waals surface area contributed by atoms with Crippen LogP contribution in [0.1, 0.15) is 6.42 Å². The average molecular weight is 243 g/mol. The van der Waals surface area contributed by atoms with E-state index in [0.29, 0.717) is 0 Å². The Morgan fingerprint density at radius 2 is 2.12 bits per heavy atom. The normalized spacial score (nSPS) is 24.2. The first-order valence-electron chi connectivity index (χ1n) is 6.18. The molecule has 0 radical (unpaired) electrons. The number of nitrogens with zero attached hydrogens (tertiary/aromatic N) is 1. The number of hydrogen-bond donors (Lipinski definition) is 3. The Balaban J connectivity index is 1.67. The van der Waals surface area contributed by atoms with Gasteiger partial charge in [-0.25, -0.2) is 0 Å². The molecule has 0 atom stereocenters.